The van der Waals surface area contributed by atoms with Crippen LogP contribution in [-0.4, -0.2) is 44.5 Å². The molecule has 0 spiro atoms. The Morgan fingerprint density at radius 2 is 1.75 bits per heavy atom. The van der Waals surface area contributed by atoms with Gasteiger partial charge in [0.1, 0.15) is 11.5 Å². The van der Waals surface area contributed by atoms with Crippen molar-refractivity contribution in [3.05, 3.63) is 42.5 Å². The highest BCUT2D eigenvalue weighted by Crippen LogP contribution is 2.34. The van der Waals surface area contributed by atoms with Gasteiger partial charge < -0.3 is 24.6 Å². The van der Waals surface area contributed by atoms with Crippen molar-refractivity contribution in [2.45, 2.75) is 6.42 Å². The Kier molecular flexibility index (Phi) is 4.60. The molecule has 0 radical (unpaired) electrons. The van der Waals surface area contributed by atoms with Crippen LogP contribution < -0.4 is 24.6 Å². The van der Waals surface area contributed by atoms with Gasteiger partial charge in [0.2, 0.25) is 5.91 Å². The number of ether oxygens (including phenoxy) is 2. The second-order valence-corrected chi connectivity index (χ2v) is 6.52. The van der Waals surface area contributed by atoms with Crippen LogP contribution in [0.25, 0.3) is 0 Å². The molecule has 28 heavy (non-hydrogen) atoms. The maximum atomic E-state index is 12.4. The third-order valence-electron chi connectivity index (χ3n) is 4.70. The van der Waals surface area contributed by atoms with Crippen LogP contribution in [0.5, 0.6) is 11.5 Å². The van der Waals surface area contributed by atoms with Gasteiger partial charge in [-0.25, -0.2) is 0 Å². The van der Waals surface area contributed by atoms with Crippen LogP contribution >= 0.6 is 0 Å². The summed E-state index contributed by atoms with van der Waals surface area (Å²) in [5.41, 5.74) is 1.89. The Hall–Kier alpha value is -3.55. The molecule has 8 heteroatoms. The van der Waals surface area contributed by atoms with Gasteiger partial charge >= 0.3 is 0 Å². The van der Waals surface area contributed by atoms with Crippen LogP contribution in [0.4, 0.5) is 17.1 Å². The fourth-order valence-corrected chi connectivity index (χ4v) is 3.19. The van der Waals surface area contributed by atoms with Crippen LogP contribution in [0.1, 0.15) is 6.42 Å². The summed E-state index contributed by atoms with van der Waals surface area (Å²) in [6.45, 7) is 0.191. The lowest BCUT2D eigenvalue weighted by molar-refractivity contribution is -0.122. The zero-order valence-corrected chi connectivity index (χ0v) is 15.3. The Morgan fingerprint density at radius 3 is 2.61 bits per heavy atom. The van der Waals surface area contributed by atoms with Gasteiger partial charge in [0.25, 0.3) is 11.8 Å². The number of hydrogen-bond acceptors (Lipinski definition) is 5. The normalized spacial score (nSPS) is 15.3. The average molecular weight is 381 g/mol. The fraction of sp³-hybridized carbons (Fsp3) is 0.250. The molecule has 1 N–H and O–H groups in total. The Morgan fingerprint density at radius 1 is 1.00 bits per heavy atom. The predicted octanol–water partition coefficient (Wildman–Crippen LogP) is 1.80. The summed E-state index contributed by atoms with van der Waals surface area (Å²) in [7, 11) is 1.68. The van der Waals surface area contributed by atoms with Gasteiger partial charge in [0.15, 0.2) is 13.2 Å². The van der Waals surface area contributed by atoms with Crippen LogP contribution in [0.3, 0.4) is 0 Å². The van der Waals surface area contributed by atoms with Gasteiger partial charge in [-0.15, -0.1) is 0 Å². The van der Waals surface area contributed by atoms with Gasteiger partial charge in [-0.05, 0) is 24.3 Å². The number of rotatable bonds is 4. The zero-order chi connectivity index (χ0) is 19.7. The first-order chi connectivity index (χ1) is 13.5. The second-order valence-electron chi connectivity index (χ2n) is 6.52. The zero-order valence-electron chi connectivity index (χ0n) is 15.3. The van der Waals surface area contributed by atoms with E-state index in [2.05, 4.69) is 5.32 Å². The first kappa shape index (κ1) is 17.8. The van der Waals surface area contributed by atoms with Crippen molar-refractivity contribution in [2.75, 3.05) is 41.9 Å². The fourth-order valence-electron chi connectivity index (χ4n) is 3.19. The number of amides is 3. The van der Waals surface area contributed by atoms with Gasteiger partial charge in [0.05, 0.1) is 11.4 Å². The third kappa shape index (κ3) is 3.36. The Bertz CT molecular complexity index is 959. The number of carbonyl (C=O) groups excluding carboxylic acids is 3. The van der Waals surface area contributed by atoms with Crippen molar-refractivity contribution in [1.29, 1.82) is 0 Å². The largest absolute Gasteiger partial charge is 0.482 e. The summed E-state index contributed by atoms with van der Waals surface area (Å²) in [5, 5.41) is 2.80. The van der Waals surface area contributed by atoms with E-state index in [-0.39, 0.29) is 43.9 Å². The number of benzene rings is 2. The number of hydrogen-bond donors (Lipinski definition) is 1. The van der Waals surface area contributed by atoms with E-state index in [1.807, 2.05) is 12.1 Å². The Labute approximate surface area is 161 Å². The van der Waals surface area contributed by atoms with E-state index in [4.69, 9.17) is 9.47 Å². The standard InChI is InChI=1S/C20H19N3O5/c1-22-14-7-6-13(10-17(14)28-11-19(22)25)21-18(24)8-9-23-15-4-2-3-5-16(15)27-12-20(23)26/h2-7,10H,8-9,11-12H2,1H3,(H,21,24). The molecule has 8 nitrogen and oxygen atoms in total. The molecule has 0 bridgehead atoms. The van der Waals surface area contributed by atoms with Gasteiger partial charge in [-0.1, -0.05) is 12.1 Å². The van der Waals surface area contributed by atoms with Crippen molar-refractivity contribution in [1.82, 2.24) is 0 Å². The number of likely N-dealkylation sites (N-methyl/N-ethyl adjacent to an activating group) is 1. The van der Waals surface area contributed by atoms with Gasteiger partial charge in [-0.3, -0.25) is 14.4 Å². The molecule has 2 aliphatic rings. The molecule has 2 aromatic rings. The topological polar surface area (TPSA) is 88.2 Å². The van der Waals surface area contributed by atoms with Crippen LogP contribution in [0.2, 0.25) is 0 Å². The highest BCUT2D eigenvalue weighted by Gasteiger charge is 2.26. The molecular weight excluding hydrogens is 362 g/mol. The summed E-state index contributed by atoms with van der Waals surface area (Å²) in [6.07, 6.45) is 0.135. The quantitative estimate of drug-likeness (QED) is 0.873. The lowest BCUT2D eigenvalue weighted by Crippen LogP contribution is -2.40. The van der Waals surface area contributed by atoms with Crippen LogP contribution in [0, 0.1) is 0 Å². The van der Waals surface area contributed by atoms with Crippen molar-refractivity contribution in [3.8, 4) is 11.5 Å². The minimum Gasteiger partial charge on any atom is -0.482 e. The maximum absolute atomic E-state index is 12.4. The number of para-hydroxylation sites is 2. The third-order valence-corrected chi connectivity index (χ3v) is 4.70. The molecule has 2 aliphatic heterocycles. The molecule has 0 aromatic heterocycles. The molecule has 3 amide bonds. The average Bonchev–Trinajstić information content (AvgIpc) is 2.70. The van der Waals surface area contributed by atoms with Crippen molar-refractivity contribution >= 4 is 34.8 Å². The van der Waals surface area contributed by atoms with Gasteiger partial charge in [0, 0.05) is 31.8 Å². The summed E-state index contributed by atoms with van der Waals surface area (Å²) >= 11 is 0. The summed E-state index contributed by atoms with van der Waals surface area (Å²) in [5.74, 6) is 0.642. The van der Waals surface area contributed by atoms with E-state index in [1.54, 1.807) is 42.3 Å². The molecule has 0 saturated carbocycles. The Balaban J connectivity index is 1.40. The first-order valence-electron chi connectivity index (χ1n) is 8.88. The number of fused-ring (bicyclic) bond motifs is 2. The van der Waals surface area contributed by atoms with E-state index in [9.17, 15) is 14.4 Å². The summed E-state index contributed by atoms with van der Waals surface area (Å²) in [4.78, 5) is 39.3. The summed E-state index contributed by atoms with van der Waals surface area (Å²) in [6, 6.07) is 12.4. The van der Waals surface area contributed by atoms with E-state index in [1.165, 1.54) is 4.90 Å². The lowest BCUT2D eigenvalue weighted by Gasteiger charge is -2.29. The summed E-state index contributed by atoms with van der Waals surface area (Å²) < 4.78 is 10.8. The van der Waals surface area contributed by atoms with Crippen molar-refractivity contribution < 1.29 is 23.9 Å². The molecule has 0 atom stereocenters. The monoisotopic (exact) mass is 381 g/mol. The van der Waals surface area contributed by atoms with E-state index < -0.39 is 0 Å². The minimum atomic E-state index is -0.225. The molecule has 2 heterocycles. The molecule has 2 aromatic carbocycles. The molecular formula is C20H19N3O5. The van der Waals surface area contributed by atoms with E-state index in [0.717, 1.165) is 0 Å². The van der Waals surface area contributed by atoms with E-state index in [0.29, 0.717) is 28.6 Å². The lowest BCUT2D eigenvalue weighted by atomic mass is 10.2. The predicted molar refractivity (Wildman–Crippen MR) is 103 cm³/mol. The number of nitrogens with zero attached hydrogens (tertiary/aromatic N) is 2. The first-order valence-corrected chi connectivity index (χ1v) is 8.88. The molecule has 144 valence electrons. The molecule has 0 fully saturated rings. The highest BCUT2D eigenvalue weighted by molar-refractivity contribution is 6.00. The number of nitrogens with one attached hydrogen (secondary N) is 1. The molecule has 0 aliphatic carbocycles. The van der Waals surface area contributed by atoms with Gasteiger partial charge in [-0.2, -0.15) is 0 Å². The molecule has 0 unspecified atom stereocenters. The second kappa shape index (κ2) is 7.22. The van der Waals surface area contributed by atoms with Crippen LogP contribution in [0.15, 0.2) is 42.5 Å². The minimum absolute atomic E-state index is 0.0283. The maximum Gasteiger partial charge on any atom is 0.265 e. The number of carbonyl (C=O) groups is 3. The molecule has 4 rings (SSSR count). The SMILES string of the molecule is CN1C(=O)COc2cc(NC(=O)CCN3C(=O)COc4ccccc43)ccc21. The smallest absolute Gasteiger partial charge is 0.265 e. The van der Waals surface area contributed by atoms with Crippen molar-refractivity contribution in [2.24, 2.45) is 0 Å². The van der Waals surface area contributed by atoms with Crippen molar-refractivity contribution in [3.63, 3.8) is 0 Å². The highest BCUT2D eigenvalue weighted by atomic mass is 16.5. The van der Waals surface area contributed by atoms with E-state index >= 15 is 0 Å². The van der Waals surface area contributed by atoms with Crippen LogP contribution in [-0.2, 0) is 14.4 Å². The molecule has 0 saturated heterocycles. The number of anilines is 3.